The molecule has 1 aliphatic rings. The maximum Gasteiger partial charge on any atom is 0.319 e. The van der Waals surface area contributed by atoms with Gasteiger partial charge in [0.1, 0.15) is 11.7 Å². The number of hydrogen-bond donors (Lipinski definition) is 4. The van der Waals surface area contributed by atoms with Crippen molar-refractivity contribution in [1.29, 1.82) is 0 Å². The van der Waals surface area contributed by atoms with E-state index >= 15 is 0 Å². The summed E-state index contributed by atoms with van der Waals surface area (Å²) < 4.78 is 1.69. The van der Waals surface area contributed by atoms with Gasteiger partial charge in [0.2, 0.25) is 11.8 Å². The van der Waals surface area contributed by atoms with Gasteiger partial charge in [-0.15, -0.1) is 11.8 Å². The molecule has 1 fully saturated rings. The SMILES string of the molecule is CSc1cccc(NC(=O)NC2CCN(C(=O)c3cccn3C)C2C(=O)NCCCC(N)=O)c1. The number of carbonyl (C=O) groups excluding carboxylic acids is 4. The minimum absolute atomic E-state index is 0.149. The molecule has 1 saturated heterocycles. The fraction of sp³-hybridized carbons (Fsp3) is 0.391. The molecule has 2 aromatic rings. The number of thioether (sulfide) groups is 1. The number of likely N-dealkylation sites (tertiary alicyclic amines) is 1. The Morgan fingerprint density at radius 2 is 1.97 bits per heavy atom. The number of aromatic nitrogens is 1. The number of aryl methyl sites for hydroxylation is 1. The molecule has 1 aromatic heterocycles. The van der Waals surface area contributed by atoms with Gasteiger partial charge in [0.25, 0.3) is 5.91 Å². The van der Waals surface area contributed by atoms with Crippen molar-refractivity contribution < 1.29 is 19.2 Å². The first-order valence-corrected chi connectivity index (χ1v) is 12.2. The van der Waals surface area contributed by atoms with Crippen molar-refractivity contribution in [3.63, 3.8) is 0 Å². The Kier molecular flexibility index (Phi) is 8.58. The minimum atomic E-state index is -0.890. The summed E-state index contributed by atoms with van der Waals surface area (Å²) in [5, 5.41) is 8.42. The second-order valence-electron chi connectivity index (χ2n) is 8.03. The van der Waals surface area contributed by atoms with Gasteiger partial charge in [0, 0.05) is 43.3 Å². The van der Waals surface area contributed by atoms with Crippen LogP contribution in [0.25, 0.3) is 0 Å². The van der Waals surface area contributed by atoms with E-state index < -0.39 is 24.0 Å². The lowest BCUT2D eigenvalue weighted by molar-refractivity contribution is -0.125. The normalized spacial score (nSPS) is 17.3. The molecule has 2 atom stereocenters. The second kappa shape index (κ2) is 11.6. The standard InChI is InChI=1S/C23H30N6O4S/c1-28-12-5-8-18(28)22(32)29-13-10-17(20(29)21(31)25-11-4-9-19(24)30)27-23(33)26-15-6-3-7-16(14-15)34-2/h3,5-8,12,14,17,20H,4,9-11,13H2,1-2H3,(H2,24,30)(H,25,31)(H2,26,27,33). The maximum atomic E-state index is 13.2. The number of rotatable bonds is 9. The molecule has 0 aliphatic carbocycles. The van der Waals surface area contributed by atoms with Crippen molar-refractivity contribution in [2.24, 2.45) is 12.8 Å². The quantitative estimate of drug-likeness (QED) is 0.315. The number of nitrogens with zero attached hydrogens (tertiary/aromatic N) is 2. The van der Waals surface area contributed by atoms with Crippen molar-refractivity contribution in [3.05, 3.63) is 48.3 Å². The summed E-state index contributed by atoms with van der Waals surface area (Å²) in [7, 11) is 1.76. The van der Waals surface area contributed by atoms with Gasteiger partial charge < -0.3 is 31.2 Å². The van der Waals surface area contributed by atoms with Crippen LogP contribution in [0.15, 0.2) is 47.5 Å². The number of nitrogens with two attached hydrogens (primary N) is 1. The lowest BCUT2D eigenvalue weighted by Crippen LogP contribution is -2.55. The zero-order valence-electron chi connectivity index (χ0n) is 19.2. The molecule has 2 unspecified atom stereocenters. The van der Waals surface area contributed by atoms with Gasteiger partial charge in [-0.1, -0.05) is 6.07 Å². The summed E-state index contributed by atoms with van der Waals surface area (Å²) in [5.41, 5.74) is 6.24. The number of benzene rings is 1. The van der Waals surface area contributed by atoms with E-state index in [4.69, 9.17) is 5.73 Å². The zero-order valence-corrected chi connectivity index (χ0v) is 20.1. The Hall–Kier alpha value is -3.47. The van der Waals surface area contributed by atoms with Crippen LogP contribution >= 0.6 is 11.8 Å². The summed E-state index contributed by atoms with van der Waals surface area (Å²) in [6, 6.07) is 8.95. The van der Waals surface area contributed by atoms with Gasteiger partial charge in [0.05, 0.1) is 6.04 Å². The summed E-state index contributed by atoms with van der Waals surface area (Å²) in [6.07, 6.45) is 4.67. The van der Waals surface area contributed by atoms with Crippen LogP contribution in [0, 0.1) is 0 Å². The van der Waals surface area contributed by atoms with Crippen LogP contribution in [0.3, 0.4) is 0 Å². The van der Waals surface area contributed by atoms with E-state index in [-0.39, 0.29) is 24.8 Å². The minimum Gasteiger partial charge on any atom is -0.370 e. The van der Waals surface area contributed by atoms with Gasteiger partial charge in [-0.05, 0) is 49.4 Å². The number of urea groups is 1. The van der Waals surface area contributed by atoms with E-state index in [1.165, 1.54) is 4.90 Å². The molecule has 0 radical (unpaired) electrons. The number of primary amides is 1. The third-order valence-electron chi connectivity index (χ3n) is 5.63. The summed E-state index contributed by atoms with van der Waals surface area (Å²) >= 11 is 1.56. The predicted octanol–water partition coefficient (Wildman–Crippen LogP) is 1.53. The van der Waals surface area contributed by atoms with Crippen molar-refractivity contribution in [1.82, 2.24) is 20.1 Å². The molecule has 0 bridgehead atoms. The highest BCUT2D eigenvalue weighted by Crippen LogP contribution is 2.23. The maximum absolute atomic E-state index is 13.2. The van der Waals surface area contributed by atoms with Crippen LogP contribution in [-0.2, 0) is 16.6 Å². The van der Waals surface area contributed by atoms with E-state index in [2.05, 4.69) is 16.0 Å². The summed E-state index contributed by atoms with van der Waals surface area (Å²) in [4.78, 5) is 52.4. The first kappa shape index (κ1) is 25.2. The zero-order chi connectivity index (χ0) is 24.7. The number of amides is 5. The van der Waals surface area contributed by atoms with Crippen LogP contribution in [0.5, 0.6) is 0 Å². The van der Waals surface area contributed by atoms with E-state index in [9.17, 15) is 19.2 Å². The van der Waals surface area contributed by atoms with E-state index in [1.54, 1.807) is 47.8 Å². The number of nitrogens with one attached hydrogen (secondary N) is 3. The van der Waals surface area contributed by atoms with E-state index in [0.29, 0.717) is 30.8 Å². The largest absolute Gasteiger partial charge is 0.370 e. The molecule has 5 N–H and O–H groups in total. The highest BCUT2D eigenvalue weighted by molar-refractivity contribution is 7.98. The average Bonchev–Trinajstić information content (AvgIpc) is 3.42. The monoisotopic (exact) mass is 486 g/mol. The van der Waals surface area contributed by atoms with Gasteiger partial charge in [-0.3, -0.25) is 14.4 Å². The lowest BCUT2D eigenvalue weighted by atomic mass is 10.1. The van der Waals surface area contributed by atoms with Gasteiger partial charge in [0.15, 0.2) is 0 Å². The molecule has 1 aliphatic heterocycles. The summed E-state index contributed by atoms with van der Waals surface area (Å²) in [6.45, 7) is 0.557. The third kappa shape index (κ3) is 6.31. The molecular formula is C23H30N6O4S. The van der Waals surface area contributed by atoms with Crippen molar-refractivity contribution >= 4 is 41.2 Å². The molecule has 182 valence electrons. The van der Waals surface area contributed by atoms with Crippen molar-refractivity contribution in [2.75, 3.05) is 24.7 Å². The number of hydrogen-bond acceptors (Lipinski definition) is 5. The highest BCUT2D eigenvalue weighted by atomic mass is 32.2. The Labute approximate surface area is 202 Å². The summed E-state index contributed by atoms with van der Waals surface area (Å²) in [5.74, 6) is -1.13. The van der Waals surface area contributed by atoms with E-state index in [1.807, 2.05) is 24.5 Å². The Morgan fingerprint density at radius 1 is 1.18 bits per heavy atom. The molecule has 10 nitrogen and oxygen atoms in total. The van der Waals surface area contributed by atoms with Crippen LogP contribution in [-0.4, -0.2) is 64.6 Å². The van der Waals surface area contributed by atoms with Crippen LogP contribution in [0.1, 0.15) is 29.8 Å². The first-order chi connectivity index (χ1) is 16.3. The molecule has 34 heavy (non-hydrogen) atoms. The Morgan fingerprint density at radius 3 is 2.65 bits per heavy atom. The van der Waals surface area contributed by atoms with Gasteiger partial charge in [-0.2, -0.15) is 0 Å². The smallest absolute Gasteiger partial charge is 0.319 e. The van der Waals surface area contributed by atoms with Gasteiger partial charge in [-0.25, -0.2) is 4.79 Å². The first-order valence-electron chi connectivity index (χ1n) is 11.0. The second-order valence-corrected chi connectivity index (χ2v) is 8.91. The fourth-order valence-electron chi connectivity index (χ4n) is 3.94. The molecule has 0 spiro atoms. The number of anilines is 1. The lowest BCUT2D eigenvalue weighted by Gasteiger charge is -2.28. The number of carbonyl (C=O) groups is 4. The Balaban J connectivity index is 1.72. The van der Waals surface area contributed by atoms with Crippen LogP contribution in [0.4, 0.5) is 10.5 Å². The van der Waals surface area contributed by atoms with Crippen molar-refractivity contribution in [3.8, 4) is 0 Å². The topological polar surface area (TPSA) is 139 Å². The Bertz CT molecular complexity index is 1060. The van der Waals surface area contributed by atoms with E-state index in [0.717, 1.165) is 4.90 Å². The average molecular weight is 487 g/mol. The molecular weight excluding hydrogens is 456 g/mol. The molecule has 5 amide bonds. The molecule has 1 aromatic carbocycles. The molecule has 11 heteroatoms. The van der Waals surface area contributed by atoms with Crippen LogP contribution in [0.2, 0.25) is 0 Å². The fourth-order valence-corrected chi connectivity index (χ4v) is 4.40. The predicted molar refractivity (Wildman–Crippen MR) is 130 cm³/mol. The van der Waals surface area contributed by atoms with Gasteiger partial charge >= 0.3 is 6.03 Å². The third-order valence-corrected chi connectivity index (χ3v) is 6.36. The van der Waals surface area contributed by atoms with Crippen molar-refractivity contribution in [2.45, 2.75) is 36.2 Å². The van der Waals surface area contributed by atoms with Crippen LogP contribution < -0.4 is 21.7 Å². The highest BCUT2D eigenvalue weighted by Gasteiger charge is 2.43. The molecule has 3 rings (SSSR count). The molecule has 0 saturated carbocycles. The molecule has 2 heterocycles.